The van der Waals surface area contributed by atoms with Crippen molar-refractivity contribution >= 4 is 50.1 Å². The third kappa shape index (κ3) is 3.79. The van der Waals surface area contributed by atoms with E-state index >= 15 is 0 Å². The lowest BCUT2D eigenvalue weighted by Gasteiger charge is -2.31. The Kier molecular flexibility index (Phi) is 5.15. The third-order valence-corrected chi connectivity index (χ3v) is 6.84. The number of anilines is 2. The van der Waals surface area contributed by atoms with Gasteiger partial charge in [-0.1, -0.05) is 41.7 Å². The number of para-hydroxylation sites is 2. The number of aryl methyl sites for hydroxylation is 1. The molecular formula is C23H22N4O3S. The number of aromatic nitrogens is 1. The van der Waals surface area contributed by atoms with Crippen LogP contribution in [0.25, 0.3) is 10.2 Å². The van der Waals surface area contributed by atoms with Crippen LogP contribution in [0.2, 0.25) is 0 Å². The molecule has 158 valence electrons. The normalized spacial score (nSPS) is 18.3. The highest BCUT2D eigenvalue weighted by Crippen LogP contribution is 2.29. The fourth-order valence-corrected chi connectivity index (χ4v) is 5.22. The second-order valence-corrected chi connectivity index (χ2v) is 8.86. The largest absolute Gasteiger partial charge is 0.329 e. The SMILES string of the molecule is O=C(Nc1nc2ccccc2s1)C1CCCN1C(=O)CN1C(=O)CCc2ccccc21. The average molecular weight is 435 g/mol. The minimum absolute atomic E-state index is 0.0409. The van der Waals surface area contributed by atoms with Crippen LogP contribution in [-0.2, 0) is 20.8 Å². The summed E-state index contributed by atoms with van der Waals surface area (Å²) in [7, 11) is 0. The highest BCUT2D eigenvalue weighted by atomic mass is 32.1. The van der Waals surface area contributed by atoms with Crippen molar-refractivity contribution in [1.29, 1.82) is 0 Å². The first-order chi connectivity index (χ1) is 15.1. The standard InChI is InChI=1S/C23H22N4O3S/c28-20-12-11-15-6-1-3-8-17(15)27(20)14-21(29)26-13-5-9-18(26)22(30)25-23-24-16-7-2-4-10-19(16)31-23/h1-4,6-8,10,18H,5,9,11-14H2,(H,24,25,30). The van der Waals surface area contributed by atoms with E-state index in [1.807, 2.05) is 48.5 Å². The highest BCUT2D eigenvalue weighted by molar-refractivity contribution is 7.22. The fourth-order valence-electron chi connectivity index (χ4n) is 4.35. The first kappa shape index (κ1) is 19.7. The van der Waals surface area contributed by atoms with E-state index in [0.29, 0.717) is 30.9 Å². The molecule has 1 N–H and O–H groups in total. The quantitative estimate of drug-likeness (QED) is 0.684. The van der Waals surface area contributed by atoms with Crippen LogP contribution in [0, 0.1) is 0 Å². The number of rotatable bonds is 4. The molecule has 8 heteroatoms. The van der Waals surface area contributed by atoms with E-state index in [1.54, 1.807) is 9.80 Å². The number of fused-ring (bicyclic) bond motifs is 2. The molecule has 0 bridgehead atoms. The Morgan fingerprint density at radius 1 is 1.10 bits per heavy atom. The summed E-state index contributed by atoms with van der Waals surface area (Å²) < 4.78 is 0.999. The van der Waals surface area contributed by atoms with Gasteiger partial charge in [-0.25, -0.2) is 4.98 Å². The summed E-state index contributed by atoms with van der Waals surface area (Å²) in [5.74, 6) is -0.482. The molecule has 0 spiro atoms. The van der Waals surface area contributed by atoms with Gasteiger partial charge in [0.05, 0.1) is 10.2 Å². The number of thiazole rings is 1. The molecule has 1 aromatic heterocycles. The predicted octanol–water partition coefficient (Wildman–Crippen LogP) is 3.21. The van der Waals surface area contributed by atoms with Crippen LogP contribution in [-0.4, -0.2) is 46.7 Å². The number of likely N-dealkylation sites (tertiary alicyclic amines) is 1. The van der Waals surface area contributed by atoms with Gasteiger partial charge in [0.25, 0.3) is 0 Å². The van der Waals surface area contributed by atoms with Crippen molar-refractivity contribution in [1.82, 2.24) is 9.88 Å². The Balaban J connectivity index is 1.30. The van der Waals surface area contributed by atoms with Gasteiger partial charge in [-0.2, -0.15) is 0 Å². The molecule has 1 atom stereocenters. The second-order valence-electron chi connectivity index (χ2n) is 7.83. The van der Waals surface area contributed by atoms with Gasteiger partial charge in [-0.05, 0) is 43.0 Å². The molecule has 0 saturated carbocycles. The van der Waals surface area contributed by atoms with Gasteiger partial charge >= 0.3 is 0 Å². The molecular weight excluding hydrogens is 412 g/mol. The zero-order chi connectivity index (χ0) is 21.4. The van der Waals surface area contributed by atoms with Crippen molar-refractivity contribution in [3.05, 3.63) is 54.1 Å². The number of carbonyl (C=O) groups is 3. The van der Waals surface area contributed by atoms with Gasteiger partial charge in [0.2, 0.25) is 17.7 Å². The van der Waals surface area contributed by atoms with Crippen LogP contribution in [0.5, 0.6) is 0 Å². The number of carbonyl (C=O) groups excluding carboxylic acids is 3. The third-order valence-electron chi connectivity index (χ3n) is 5.88. The molecule has 31 heavy (non-hydrogen) atoms. The minimum atomic E-state index is -0.547. The summed E-state index contributed by atoms with van der Waals surface area (Å²) >= 11 is 1.42. The van der Waals surface area contributed by atoms with Gasteiger partial charge in [0.1, 0.15) is 12.6 Å². The van der Waals surface area contributed by atoms with E-state index < -0.39 is 6.04 Å². The lowest BCUT2D eigenvalue weighted by molar-refractivity contribution is -0.136. The Hall–Kier alpha value is -3.26. The highest BCUT2D eigenvalue weighted by Gasteiger charge is 2.36. The van der Waals surface area contributed by atoms with E-state index in [2.05, 4.69) is 10.3 Å². The zero-order valence-corrected chi connectivity index (χ0v) is 17.7. The molecule has 3 heterocycles. The number of hydrogen-bond acceptors (Lipinski definition) is 5. The van der Waals surface area contributed by atoms with Crippen molar-refractivity contribution in [2.45, 2.75) is 31.7 Å². The number of hydrogen-bond donors (Lipinski definition) is 1. The number of nitrogens with one attached hydrogen (secondary N) is 1. The Morgan fingerprint density at radius 2 is 1.90 bits per heavy atom. The smallest absolute Gasteiger partial charge is 0.248 e. The lowest BCUT2D eigenvalue weighted by atomic mass is 10.0. The number of nitrogens with zero attached hydrogens (tertiary/aromatic N) is 3. The van der Waals surface area contributed by atoms with Crippen LogP contribution in [0.3, 0.4) is 0 Å². The molecule has 1 unspecified atom stereocenters. The second kappa shape index (κ2) is 8.11. The molecule has 3 aromatic rings. The number of amides is 3. The molecule has 2 aliphatic rings. The van der Waals surface area contributed by atoms with Gasteiger partial charge in [0, 0.05) is 18.7 Å². The molecule has 0 radical (unpaired) electrons. The van der Waals surface area contributed by atoms with Crippen LogP contribution < -0.4 is 10.2 Å². The summed E-state index contributed by atoms with van der Waals surface area (Å²) in [5.41, 5.74) is 2.70. The van der Waals surface area contributed by atoms with Crippen molar-refractivity contribution in [3.63, 3.8) is 0 Å². The number of benzene rings is 2. The maximum Gasteiger partial charge on any atom is 0.248 e. The molecule has 3 amide bonds. The summed E-state index contributed by atoms with van der Waals surface area (Å²) in [4.78, 5) is 46.2. The maximum atomic E-state index is 13.1. The average Bonchev–Trinajstić information content (AvgIpc) is 3.42. The van der Waals surface area contributed by atoms with E-state index in [9.17, 15) is 14.4 Å². The van der Waals surface area contributed by atoms with E-state index in [-0.39, 0.29) is 24.3 Å². The summed E-state index contributed by atoms with van der Waals surface area (Å²) in [5, 5.41) is 3.41. The first-order valence-corrected chi connectivity index (χ1v) is 11.3. The summed E-state index contributed by atoms with van der Waals surface area (Å²) in [6.45, 7) is 0.473. The van der Waals surface area contributed by atoms with E-state index in [0.717, 1.165) is 27.9 Å². The summed E-state index contributed by atoms with van der Waals surface area (Å²) in [6, 6.07) is 14.8. The van der Waals surface area contributed by atoms with Gasteiger partial charge < -0.3 is 15.1 Å². The van der Waals surface area contributed by atoms with Crippen molar-refractivity contribution in [2.75, 3.05) is 23.3 Å². The molecule has 2 aromatic carbocycles. The predicted molar refractivity (Wildman–Crippen MR) is 120 cm³/mol. The zero-order valence-electron chi connectivity index (χ0n) is 16.9. The topological polar surface area (TPSA) is 82.6 Å². The summed E-state index contributed by atoms with van der Waals surface area (Å²) in [6.07, 6.45) is 2.45. The minimum Gasteiger partial charge on any atom is -0.329 e. The van der Waals surface area contributed by atoms with E-state index in [1.165, 1.54) is 11.3 Å². The van der Waals surface area contributed by atoms with Gasteiger partial charge in [-0.3, -0.25) is 14.4 Å². The van der Waals surface area contributed by atoms with E-state index in [4.69, 9.17) is 0 Å². The maximum absolute atomic E-state index is 13.1. The monoisotopic (exact) mass is 434 g/mol. The Bertz CT molecular complexity index is 1140. The van der Waals surface area contributed by atoms with Crippen molar-refractivity contribution < 1.29 is 14.4 Å². The van der Waals surface area contributed by atoms with Crippen LogP contribution in [0.15, 0.2) is 48.5 Å². The molecule has 5 rings (SSSR count). The molecule has 1 saturated heterocycles. The van der Waals surface area contributed by atoms with Crippen LogP contribution in [0.4, 0.5) is 10.8 Å². The van der Waals surface area contributed by atoms with Gasteiger partial charge in [0.15, 0.2) is 5.13 Å². The molecule has 1 fully saturated rings. The Morgan fingerprint density at radius 3 is 2.77 bits per heavy atom. The van der Waals surface area contributed by atoms with Crippen molar-refractivity contribution in [2.24, 2.45) is 0 Å². The van der Waals surface area contributed by atoms with Crippen molar-refractivity contribution in [3.8, 4) is 0 Å². The molecule has 0 aliphatic carbocycles. The van der Waals surface area contributed by atoms with Crippen LogP contribution in [0.1, 0.15) is 24.8 Å². The lowest BCUT2D eigenvalue weighted by Crippen LogP contribution is -2.49. The fraction of sp³-hybridized carbons (Fsp3) is 0.304. The Labute approximate surface area is 183 Å². The molecule has 7 nitrogen and oxygen atoms in total. The van der Waals surface area contributed by atoms with Gasteiger partial charge in [-0.15, -0.1) is 0 Å². The molecule has 2 aliphatic heterocycles. The first-order valence-electron chi connectivity index (χ1n) is 10.4. The van der Waals surface area contributed by atoms with Crippen LogP contribution >= 0.6 is 11.3 Å².